The molecule has 2 aromatic rings. The zero-order chi connectivity index (χ0) is 15.9. The smallest absolute Gasteiger partial charge is 0.291 e. The highest BCUT2D eigenvalue weighted by atomic mass is 16.5. The highest BCUT2D eigenvalue weighted by Gasteiger charge is 2.13. The van der Waals surface area contributed by atoms with Crippen LogP contribution in [0.25, 0.3) is 0 Å². The summed E-state index contributed by atoms with van der Waals surface area (Å²) in [5.74, 6) is 0.0491. The van der Waals surface area contributed by atoms with Crippen molar-refractivity contribution in [3.05, 3.63) is 42.4 Å². The topological polar surface area (TPSA) is 107 Å². The SMILES string of the molecule is COc1cc(NC(=O)CCN)ccc1NC(=O)c1ccco1. The maximum Gasteiger partial charge on any atom is 0.291 e. The summed E-state index contributed by atoms with van der Waals surface area (Å²) in [6.07, 6.45) is 1.65. The number of anilines is 2. The highest BCUT2D eigenvalue weighted by Crippen LogP contribution is 2.28. The second kappa shape index (κ2) is 7.28. The minimum atomic E-state index is -0.386. The number of furan rings is 1. The maximum atomic E-state index is 11.9. The Morgan fingerprint density at radius 1 is 1.27 bits per heavy atom. The number of hydrogen-bond donors (Lipinski definition) is 3. The van der Waals surface area contributed by atoms with Crippen molar-refractivity contribution >= 4 is 23.2 Å². The molecule has 7 heteroatoms. The molecular weight excluding hydrogens is 286 g/mol. The summed E-state index contributed by atoms with van der Waals surface area (Å²) in [7, 11) is 1.48. The minimum Gasteiger partial charge on any atom is -0.494 e. The Morgan fingerprint density at radius 2 is 2.09 bits per heavy atom. The second-order valence-corrected chi connectivity index (χ2v) is 4.43. The molecule has 1 heterocycles. The van der Waals surface area contributed by atoms with Gasteiger partial charge in [-0.15, -0.1) is 0 Å². The Balaban J connectivity index is 2.12. The van der Waals surface area contributed by atoms with Crippen LogP contribution in [0.3, 0.4) is 0 Å². The van der Waals surface area contributed by atoms with Crippen molar-refractivity contribution in [2.75, 3.05) is 24.3 Å². The molecule has 7 nitrogen and oxygen atoms in total. The van der Waals surface area contributed by atoms with Crippen LogP contribution in [0.15, 0.2) is 41.0 Å². The van der Waals surface area contributed by atoms with Crippen LogP contribution in [0, 0.1) is 0 Å². The van der Waals surface area contributed by atoms with Gasteiger partial charge in [0.1, 0.15) is 5.75 Å². The number of carbonyl (C=O) groups excluding carboxylic acids is 2. The summed E-state index contributed by atoms with van der Waals surface area (Å²) in [4.78, 5) is 23.5. The number of nitrogens with two attached hydrogens (primary N) is 1. The van der Waals surface area contributed by atoms with Crippen LogP contribution >= 0.6 is 0 Å². The van der Waals surface area contributed by atoms with E-state index in [0.717, 1.165) is 0 Å². The van der Waals surface area contributed by atoms with Crippen LogP contribution in [0.5, 0.6) is 5.75 Å². The quantitative estimate of drug-likeness (QED) is 0.754. The van der Waals surface area contributed by atoms with E-state index in [1.165, 1.54) is 13.4 Å². The van der Waals surface area contributed by atoms with Crippen molar-refractivity contribution < 1.29 is 18.7 Å². The molecule has 0 atom stereocenters. The van der Waals surface area contributed by atoms with Gasteiger partial charge < -0.3 is 25.5 Å². The van der Waals surface area contributed by atoms with Gasteiger partial charge in [0.25, 0.3) is 5.91 Å². The molecule has 0 fully saturated rings. The minimum absolute atomic E-state index is 0.183. The molecule has 0 bridgehead atoms. The monoisotopic (exact) mass is 303 g/mol. The first-order chi connectivity index (χ1) is 10.6. The molecule has 116 valence electrons. The van der Waals surface area contributed by atoms with Gasteiger partial charge >= 0.3 is 0 Å². The van der Waals surface area contributed by atoms with E-state index < -0.39 is 0 Å². The number of methoxy groups -OCH3 is 1. The predicted octanol–water partition coefficient (Wildman–Crippen LogP) is 1.83. The van der Waals surface area contributed by atoms with Crippen LogP contribution in [-0.4, -0.2) is 25.5 Å². The van der Waals surface area contributed by atoms with E-state index in [-0.39, 0.29) is 30.5 Å². The molecule has 2 amide bonds. The number of amides is 2. The molecule has 4 N–H and O–H groups in total. The van der Waals surface area contributed by atoms with E-state index in [9.17, 15) is 9.59 Å². The largest absolute Gasteiger partial charge is 0.494 e. The number of nitrogens with one attached hydrogen (secondary N) is 2. The zero-order valence-electron chi connectivity index (χ0n) is 12.1. The van der Waals surface area contributed by atoms with Gasteiger partial charge in [-0.05, 0) is 24.3 Å². The fourth-order valence-electron chi connectivity index (χ4n) is 1.82. The molecule has 0 spiro atoms. The van der Waals surface area contributed by atoms with E-state index in [1.54, 1.807) is 30.3 Å². The van der Waals surface area contributed by atoms with Gasteiger partial charge in [0, 0.05) is 24.7 Å². The Kier molecular flexibility index (Phi) is 5.16. The van der Waals surface area contributed by atoms with Gasteiger partial charge in [0.05, 0.1) is 19.1 Å². The molecule has 2 rings (SSSR count). The first-order valence-corrected chi connectivity index (χ1v) is 6.67. The van der Waals surface area contributed by atoms with Gasteiger partial charge in [-0.1, -0.05) is 0 Å². The van der Waals surface area contributed by atoms with Gasteiger partial charge in [-0.2, -0.15) is 0 Å². The highest BCUT2D eigenvalue weighted by molar-refractivity contribution is 6.03. The van der Waals surface area contributed by atoms with Crippen LogP contribution in [0.2, 0.25) is 0 Å². The maximum absolute atomic E-state index is 11.9. The van der Waals surface area contributed by atoms with Gasteiger partial charge in [-0.25, -0.2) is 0 Å². The Labute approximate surface area is 127 Å². The average Bonchev–Trinajstić information content (AvgIpc) is 3.03. The molecule has 22 heavy (non-hydrogen) atoms. The third-order valence-corrected chi connectivity index (χ3v) is 2.85. The standard InChI is InChI=1S/C15H17N3O4/c1-21-13-9-10(17-14(19)6-7-16)4-5-11(13)18-15(20)12-3-2-8-22-12/h2-5,8-9H,6-7,16H2,1H3,(H,17,19)(H,18,20). The van der Waals surface area contributed by atoms with Gasteiger partial charge in [-0.3, -0.25) is 9.59 Å². The van der Waals surface area contributed by atoms with E-state index in [4.69, 9.17) is 14.9 Å². The Morgan fingerprint density at radius 3 is 2.73 bits per heavy atom. The summed E-state index contributed by atoms with van der Waals surface area (Å²) in [5.41, 5.74) is 6.36. The molecule has 0 aliphatic rings. The van der Waals surface area contributed by atoms with Crippen molar-refractivity contribution in [3.8, 4) is 5.75 Å². The third-order valence-electron chi connectivity index (χ3n) is 2.85. The second-order valence-electron chi connectivity index (χ2n) is 4.43. The molecule has 0 aliphatic carbocycles. The molecule has 1 aromatic heterocycles. The van der Waals surface area contributed by atoms with Crippen molar-refractivity contribution in [2.24, 2.45) is 5.73 Å². The number of hydrogen-bond acceptors (Lipinski definition) is 5. The van der Waals surface area contributed by atoms with Crippen molar-refractivity contribution in [3.63, 3.8) is 0 Å². The fourth-order valence-corrected chi connectivity index (χ4v) is 1.82. The molecule has 1 aromatic carbocycles. The van der Waals surface area contributed by atoms with Crippen LogP contribution in [-0.2, 0) is 4.79 Å². The first kappa shape index (κ1) is 15.6. The lowest BCUT2D eigenvalue weighted by atomic mass is 10.2. The first-order valence-electron chi connectivity index (χ1n) is 6.67. The molecule has 0 saturated heterocycles. The molecule has 0 radical (unpaired) electrons. The number of benzene rings is 1. The van der Waals surface area contributed by atoms with E-state index in [0.29, 0.717) is 17.1 Å². The number of carbonyl (C=O) groups is 2. The molecular formula is C15H17N3O4. The lowest BCUT2D eigenvalue weighted by molar-refractivity contribution is -0.116. The van der Waals surface area contributed by atoms with Gasteiger partial charge in [0.2, 0.25) is 5.91 Å². The summed E-state index contributed by atoms with van der Waals surface area (Å²) < 4.78 is 10.2. The van der Waals surface area contributed by atoms with E-state index in [1.807, 2.05) is 0 Å². The van der Waals surface area contributed by atoms with E-state index >= 15 is 0 Å². The van der Waals surface area contributed by atoms with Crippen LogP contribution in [0.1, 0.15) is 17.0 Å². The van der Waals surface area contributed by atoms with Crippen LogP contribution in [0.4, 0.5) is 11.4 Å². The van der Waals surface area contributed by atoms with Crippen molar-refractivity contribution in [2.45, 2.75) is 6.42 Å². The van der Waals surface area contributed by atoms with E-state index in [2.05, 4.69) is 10.6 Å². The normalized spacial score (nSPS) is 10.1. The average molecular weight is 303 g/mol. The molecule has 0 unspecified atom stereocenters. The predicted molar refractivity (Wildman–Crippen MR) is 82.0 cm³/mol. The molecule has 0 aliphatic heterocycles. The number of ether oxygens (including phenoxy) is 1. The molecule has 0 saturated carbocycles. The van der Waals surface area contributed by atoms with Crippen molar-refractivity contribution in [1.82, 2.24) is 0 Å². The van der Waals surface area contributed by atoms with Crippen LogP contribution < -0.4 is 21.1 Å². The lowest BCUT2D eigenvalue weighted by Crippen LogP contribution is -2.16. The fraction of sp³-hybridized carbons (Fsp3) is 0.200. The summed E-state index contributed by atoms with van der Waals surface area (Å²) >= 11 is 0. The Hall–Kier alpha value is -2.80. The van der Waals surface area contributed by atoms with Gasteiger partial charge in [0.15, 0.2) is 5.76 Å². The Bertz CT molecular complexity index is 653. The third kappa shape index (κ3) is 3.86. The van der Waals surface area contributed by atoms with Crippen molar-refractivity contribution in [1.29, 1.82) is 0 Å². The summed E-state index contributed by atoms with van der Waals surface area (Å²) in [6, 6.07) is 8.10. The lowest BCUT2D eigenvalue weighted by Gasteiger charge is -2.12. The number of rotatable bonds is 6. The summed E-state index contributed by atoms with van der Waals surface area (Å²) in [5, 5.41) is 5.37. The summed E-state index contributed by atoms with van der Waals surface area (Å²) in [6.45, 7) is 0.278. The zero-order valence-corrected chi connectivity index (χ0v) is 12.1.